The molecule has 2 fully saturated rings. The van der Waals surface area contributed by atoms with Crippen molar-refractivity contribution in [2.45, 2.75) is 38.0 Å². The number of aromatic nitrogens is 5. The summed E-state index contributed by atoms with van der Waals surface area (Å²) in [5.41, 5.74) is 10.7. The molecule has 4 aromatic rings. The van der Waals surface area contributed by atoms with Gasteiger partial charge >= 0.3 is 0 Å². The Kier molecular flexibility index (Phi) is 4.19. The highest BCUT2D eigenvalue weighted by molar-refractivity contribution is 6.07. The average molecular weight is 416 g/mol. The van der Waals surface area contributed by atoms with Gasteiger partial charge < -0.3 is 15.6 Å². The molecule has 0 spiro atoms. The normalized spacial score (nSPS) is 19.7. The van der Waals surface area contributed by atoms with Crippen LogP contribution in [0.2, 0.25) is 0 Å². The predicted molar refractivity (Wildman–Crippen MR) is 119 cm³/mol. The molecule has 8 nitrogen and oxygen atoms in total. The number of hydrogen-bond acceptors (Lipinski definition) is 5. The van der Waals surface area contributed by atoms with Gasteiger partial charge in [-0.1, -0.05) is 12.5 Å². The van der Waals surface area contributed by atoms with E-state index in [1.807, 2.05) is 29.2 Å². The Bertz CT molecular complexity index is 1270. The molecule has 4 heterocycles. The third-order valence-electron chi connectivity index (χ3n) is 6.86. The molecule has 2 aliphatic rings. The van der Waals surface area contributed by atoms with Gasteiger partial charge in [0.2, 0.25) is 5.91 Å². The number of carbonyl (C=O) groups is 1. The summed E-state index contributed by atoms with van der Waals surface area (Å²) in [6, 6.07) is 8.02. The average Bonchev–Trinajstić information content (AvgIpc) is 3.43. The lowest BCUT2D eigenvalue weighted by atomic mass is 9.83. The van der Waals surface area contributed by atoms with Crippen molar-refractivity contribution in [1.82, 2.24) is 30.0 Å². The first-order chi connectivity index (χ1) is 15.2. The number of benzene rings is 1. The monoisotopic (exact) mass is 415 g/mol. The van der Waals surface area contributed by atoms with Gasteiger partial charge in [-0.05, 0) is 43.9 Å². The summed E-state index contributed by atoms with van der Waals surface area (Å²) in [4.78, 5) is 27.8. The minimum Gasteiger partial charge on any atom is -0.382 e. The van der Waals surface area contributed by atoms with Crippen LogP contribution < -0.4 is 5.73 Å². The molecule has 3 aromatic heterocycles. The van der Waals surface area contributed by atoms with E-state index in [1.165, 1.54) is 6.42 Å². The number of nitrogens with zero attached hydrogens (tertiary/aromatic N) is 4. The van der Waals surface area contributed by atoms with Gasteiger partial charge in [0.25, 0.3) is 0 Å². The molecule has 1 unspecified atom stereocenters. The summed E-state index contributed by atoms with van der Waals surface area (Å²) in [6.45, 7) is 1.58. The molecule has 1 aliphatic heterocycles. The quantitative estimate of drug-likeness (QED) is 0.473. The van der Waals surface area contributed by atoms with Crippen LogP contribution in [0.5, 0.6) is 0 Å². The van der Waals surface area contributed by atoms with Crippen LogP contribution in [0.4, 0.5) is 5.82 Å². The largest absolute Gasteiger partial charge is 0.382 e. The second-order valence-electron chi connectivity index (χ2n) is 8.80. The first kappa shape index (κ1) is 18.4. The molecule has 1 saturated carbocycles. The fourth-order valence-electron chi connectivity index (χ4n) is 4.87. The number of rotatable bonds is 3. The molecular weight excluding hydrogens is 390 g/mol. The third-order valence-corrected chi connectivity index (χ3v) is 6.86. The Balaban J connectivity index is 1.36. The summed E-state index contributed by atoms with van der Waals surface area (Å²) in [5.74, 6) is 2.11. The van der Waals surface area contributed by atoms with Crippen LogP contribution in [0, 0.1) is 5.92 Å². The van der Waals surface area contributed by atoms with E-state index < -0.39 is 0 Å². The van der Waals surface area contributed by atoms with Crippen molar-refractivity contribution < 1.29 is 4.79 Å². The van der Waals surface area contributed by atoms with Crippen molar-refractivity contribution >= 4 is 33.7 Å². The number of imidazole rings is 1. The molecule has 1 atom stereocenters. The Hall–Kier alpha value is -3.42. The van der Waals surface area contributed by atoms with Crippen LogP contribution in [0.3, 0.4) is 0 Å². The standard InChI is InChI=1S/C23H25N7O/c24-21-20-19(16-7-6-14(11-18(16)26-21)17-8-9-25-29-17)27-22(28-20)15-5-2-10-30(12-15)23(31)13-3-1-4-13/h6-9,11,13,15H,1-5,10,12H2,(H2,24,26)(H,25,29)(H,27,28). The van der Waals surface area contributed by atoms with Crippen LogP contribution in [0.1, 0.15) is 43.8 Å². The second-order valence-corrected chi connectivity index (χ2v) is 8.80. The Morgan fingerprint density at radius 2 is 2.03 bits per heavy atom. The number of fused-ring (bicyclic) bond motifs is 3. The van der Waals surface area contributed by atoms with Crippen molar-refractivity contribution in [2.24, 2.45) is 5.92 Å². The van der Waals surface area contributed by atoms with Crippen molar-refractivity contribution in [2.75, 3.05) is 18.8 Å². The van der Waals surface area contributed by atoms with Crippen molar-refractivity contribution in [1.29, 1.82) is 0 Å². The zero-order valence-corrected chi connectivity index (χ0v) is 17.3. The lowest BCUT2D eigenvalue weighted by molar-refractivity contribution is -0.139. The van der Waals surface area contributed by atoms with Gasteiger partial charge in [-0.25, -0.2) is 9.97 Å². The number of nitrogen functional groups attached to an aromatic ring is 1. The molecule has 4 N–H and O–H groups in total. The molecule has 0 radical (unpaired) electrons. The summed E-state index contributed by atoms with van der Waals surface area (Å²) < 4.78 is 0. The predicted octanol–water partition coefficient (Wildman–Crippen LogP) is 3.59. The SMILES string of the molecule is Nc1nc2cc(-c3ccn[nH]3)ccc2c2nc(C3CCCN(C(=O)C4CCC4)C3)[nH]c12. The maximum absolute atomic E-state index is 12.7. The van der Waals surface area contributed by atoms with Crippen molar-refractivity contribution in [3.8, 4) is 11.3 Å². The van der Waals surface area contributed by atoms with Gasteiger partial charge in [-0.3, -0.25) is 9.89 Å². The number of carbonyl (C=O) groups excluding carboxylic acids is 1. The molecule has 1 amide bonds. The van der Waals surface area contributed by atoms with Crippen molar-refractivity contribution in [3.05, 3.63) is 36.3 Å². The lowest BCUT2D eigenvalue weighted by Gasteiger charge is -2.36. The number of hydrogen-bond donors (Lipinski definition) is 3. The van der Waals surface area contributed by atoms with Gasteiger partial charge in [-0.15, -0.1) is 0 Å². The van der Waals surface area contributed by atoms with Crippen LogP contribution in [-0.2, 0) is 4.79 Å². The third kappa shape index (κ3) is 3.05. The molecule has 1 aromatic carbocycles. The fourth-order valence-corrected chi connectivity index (χ4v) is 4.87. The number of piperidine rings is 1. The molecule has 1 saturated heterocycles. The number of H-pyrrole nitrogens is 2. The first-order valence-electron chi connectivity index (χ1n) is 11.0. The maximum Gasteiger partial charge on any atom is 0.225 e. The number of nitrogens with two attached hydrogens (primary N) is 1. The van der Waals surface area contributed by atoms with E-state index >= 15 is 0 Å². The second kappa shape index (κ2) is 7.08. The summed E-state index contributed by atoms with van der Waals surface area (Å²) in [5, 5.41) is 7.97. The minimum absolute atomic E-state index is 0.198. The van der Waals surface area contributed by atoms with E-state index in [4.69, 9.17) is 10.7 Å². The fraction of sp³-hybridized carbons (Fsp3) is 0.391. The first-order valence-corrected chi connectivity index (χ1v) is 11.0. The van der Waals surface area contributed by atoms with E-state index in [1.54, 1.807) is 6.20 Å². The van der Waals surface area contributed by atoms with E-state index in [9.17, 15) is 4.79 Å². The van der Waals surface area contributed by atoms with Gasteiger partial charge in [0.15, 0.2) is 0 Å². The maximum atomic E-state index is 12.7. The van der Waals surface area contributed by atoms with Gasteiger partial charge in [0.1, 0.15) is 22.7 Å². The van der Waals surface area contributed by atoms with Gasteiger partial charge in [0, 0.05) is 42.1 Å². The van der Waals surface area contributed by atoms with Gasteiger partial charge in [0.05, 0.1) is 11.2 Å². The number of likely N-dealkylation sites (tertiary alicyclic amines) is 1. The highest BCUT2D eigenvalue weighted by atomic mass is 16.2. The van der Waals surface area contributed by atoms with Crippen LogP contribution in [0.25, 0.3) is 33.2 Å². The molecule has 1 aliphatic carbocycles. The number of aromatic amines is 2. The Morgan fingerprint density at radius 1 is 1.13 bits per heavy atom. The highest BCUT2D eigenvalue weighted by Gasteiger charge is 2.33. The van der Waals surface area contributed by atoms with E-state index in [0.717, 1.165) is 77.8 Å². The Morgan fingerprint density at radius 3 is 2.81 bits per heavy atom. The van der Waals surface area contributed by atoms with E-state index in [-0.39, 0.29) is 11.8 Å². The molecule has 0 bridgehead atoms. The molecule has 158 valence electrons. The molecule has 8 heteroatoms. The molecular formula is C23H25N7O. The number of pyridine rings is 1. The summed E-state index contributed by atoms with van der Waals surface area (Å²) in [7, 11) is 0. The summed E-state index contributed by atoms with van der Waals surface area (Å²) in [6.07, 6.45) is 7.01. The number of nitrogens with one attached hydrogen (secondary N) is 2. The van der Waals surface area contributed by atoms with Crippen LogP contribution in [-0.4, -0.2) is 49.0 Å². The zero-order valence-electron chi connectivity index (χ0n) is 17.3. The molecule has 6 rings (SSSR count). The van der Waals surface area contributed by atoms with Gasteiger partial charge in [-0.2, -0.15) is 5.10 Å². The smallest absolute Gasteiger partial charge is 0.225 e. The van der Waals surface area contributed by atoms with Crippen molar-refractivity contribution in [3.63, 3.8) is 0 Å². The zero-order chi connectivity index (χ0) is 20.9. The lowest BCUT2D eigenvalue weighted by Crippen LogP contribution is -2.44. The number of amides is 1. The number of anilines is 1. The van der Waals surface area contributed by atoms with Crippen LogP contribution in [0.15, 0.2) is 30.5 Å². The summed E-state index contributed by atoms with van der Waals surface area (Å²) >= 11 is 0. The minimum atomic E-state index is 0.198. The van der Waals surface area contributed by atoms with E-state index in [0.29, 0.717) is 11.7 Å². The van der Waals surface area contributed by atoms with E-state index in [2.05, 4.69) is 20.2 Å². The van der Waals surface area contributed by atoms with Crippen LogP contribution >= 0.6 is 0 Å². The highest BCUT2D eigenvalue weighted by Crippen LogP contribution is 2.34. The topological polar surface area (TPSA) is 117 Å². The Labute approximate surface area is 179 Å². The molecule has 31 heavy (non-hydrogen) atoms.